The van der Waals surface area contributed by atoms with Gasteiger partial charge in [0.1, 0.15) is 19.3 Å². The highest BCUT2D eigenvalue weighted by molar-refractivity contribution is 7.47. The average Bonchev–Trinajstić information content (AvgIpc) is 1.30. The third kappa shape index (κ3) is 70.5. The second-order valence-electron chi connectivity index (χ2n) is 27.7. The molecule has 0 saturated carbocycles. The van der Waals surface area contributed by atoms with Crippen molar-refractivity contribution >= 4 is 39.5 Å². The number of unbranched alkanes of at least 4 members (excludes halogenated alkanes) is 52. The molecule has 0 aromatic rings. The minimum Gasteiger partial charge on any atom is -0.462 e. The first-order chi connectivity index (χ1) is 46.7. The van der Waals surface area contributed by atoms with Gasteiger partial charge in [-0.1, -0.05) is 362 Å². The maximum Gasteiger partial charge on any atom is 0.472 e. The minimum absolute atomic E-state index is 0.108. The van der Waals surface area contributed by atoms with Crippen LogP contribution in [0.5, 0.6) is 0 Å². The van der Waals surface area contributed by atoms with Crippen LogP contribution < -0.4 is 0 Å². The molecule has 0 radical (unpaired) electrons. The molecule has 17 nitrogen and oxygen atoms in total. The molecule has 0 aromatic carbocycles. The zero-order chi connectivity index (χ0) is 70.4. The molecule has 5 atom stereocenters. The highest BCUT2D eigenvalue weighted by Crippen LogP contribution is 2.45. The van der Waals surface area contributed by atoms with Crippen LogP contribution in [0.4, 0.5) is 0 Å². The number of esters is 4. The van der Waals surface area contributed by atoms with E-state index in [1.54, 1.807) is 0 Å². The van der Waals surface area contributed by atoms with Crippen LogP contribution in [0.15, 0.2) is 0 Å². The Hall–Kier alpha value is -1.94. The largest absolute Gasteiger partial charge is 0.472 e. The maximum atomic E-state index is 13.1. The molecule has 0 heterocycles. The number of carbonyl (C=O) groups is 4. The second-order valence-corrected chi connectivity index (χ2v) is 30.7. The van der Waals surface area contributed by atoms with Crippen LogP contribution in [0.1, 0.15) is 413 Å². The fourth-order valence-corrected chi connectivity index (χ4v) is 13.5. The lowest BCUT2D eigenvalue weighted by Gasteiger charge is -2.21. The molecule has 0 amide bonds. The van der Waals surface area contributed by atoms with Gasteiger partial charge < -0.3 is 33.8 Å². The summed E-state index contributed by atoms with van der Waals surface area (Å²) in [5.41, 5.74) is 0. The monoisotopic (exact) mass is 1410 g/mol. The fraction of sp³-hybridized carbons (Fsp3) is 0.948. The summed E-state index contributed by atoms with van der Waals surface area (Å²) in [5.74, 6) is -2.11. The van der Waals surface area contributed by atoms with Gasteiger partial charge in [-0.05, 0) is 25.7 Å². The molecule has 0 aliphatic carbocycles. The van der Waals surface area contributed by atoms with Crippen LogP contribution in [0.3, 0.4) is 0 Å². The van der Waals surface area contributed by atoms with E-state index in [0.717, 1.165) is 103 Å². The summed E-state index contributed by atoms with van der Waals surface area (Å²) in [5, 5.41) is 10.6. The first-order valence-corrected chi connectivity index (χ1v) is 43.3. The summed E-state index contributed by atoms with van der Waals surface area (Å²) < 4.78 is 68.5. The molecular weight excluding hydrogens is 1260 g/mol. The third-order valence-corrected chi connectivity index (χ3v) is 20.0. The number of hydrogen-bond acceptors (Lipinski definition) is 15. The van der Waals surface area contributed by atoms with Crippen LogP contribution in [0, 0.1) is 0 Å². The van der Waals surface area contributed by atoms with E-state index in [1.165, 1.54) is 231 Å². The number of hydrogen-bond donors (Lipinski definition) is 3. The number of aliphatic hydroxyl groups excluding tert-OH is 1. The Balaban J connectivity index is 5.18. The van der Waals surface area contributed by atoms with Crippen molar-refractivity contribution in [2.24, 2.45) is 0 Å². The minimum atomic E-state index is -4.96. The van der Waals surface area contributed by atoms with Crippen LogP contribution in [0.2, 0.25) is 0 Å². The van der Waals surface area contributed by atoms with Gasteiger partial charge in [0.25, 0.3) is 0 Å². The highest BCUT2D eigenvalue weighted by Gasteiger charge is 2.30. The first kappa shape index (κ1) is 94.1. The van der Waals surface area contributed by atoms with Crippen molar-refractivity contribution in [3.63, 3.8) is 0 Å². The standard InChI is InChI=1S/C77H150O17P2/c1-5-9-13-17-21-24-27-30-33-35-38-40-43-46-50-54-58-62-75(80)88-68-73(94-77(82)64-60-56-52-48-45-42-39-36-34-31-28-25-22-18-14-10-6-2)70-92-96(85,86)90-66-71(78)65-89-95(83,84)91-69-72(67-87-74(79)61-57-53-49-20-16-12-8-4)93-76(81)63-59-55-51-47-44-41-37-32-29-26-23-19-15-11-7-3/h71-73,78H,5-70H2,1-4H3,(H,83,84)(H,85,86)/t71-,72+,73+/m0/s1. The lowest BCUT2D eigenvalue weighted by Crippen LogP contribution is -2.30. The van der Waals surface area contributed by atoms with Gasteiger partial charge in [-0.3, -0.25) is 37.3 Å². The van der Waals surface area contributed by atoms with Crippen molar-refractivity contribution in [2.45, 2.75) is 431 Å². The number of ether oxygens (including phenoxy) is 4. The Bertz CT molecular complexity index is 1830. The van der Waals surface area contributed by atoms with Gasteiger partial charge in [-0.2, -0.15) is 0 Å². The Kier molecular flexibility index (Phi) is 70.0. The Morgan fingerprint density at radius 3 is 0.615 bits per heavy atom. The van der Waals surface area contributed by atoms with Crippen molar-refractivity contribution in [1.82, 2.24) is 0 Å². The van der Waals surface area contributed by atoms with E-state index in [4.69, 9.17) is 37.0 Å². The Labute approximate surface area is 588 Å². The number of aliphatic hydroxyl groups is 1. The number of phosphoric acid groups is 2. The highest BCUT2D eigenvalue weighted by atomic mass is 31.2. The Morgan fingerprint density at radius 1 is 0.250 bits per heavy atom. The topological polar surface area (TPSA) is 237 Å². The molecule has 0 fully saturated rings. The summed E-state index contributed by atoms with van der Waals surface area (Å²) in [4.78, 5) is 72.7. The van der Waals surface area contributed by atoms with Crippen LogP contribution in [-0.4, -0.2) is 96.7 Å². The van der Waals surface area contributed by atoms with Crippen LogP contribution in [-0.2, 0) is 65.4 Å². The van der Waals surface area contributed by atoms with E-state index in [9.17, 15) is 43.2 Å². The maximum absolute atomic E-state index is 13.1. The smallest absolute Gasteiger partial charge is 0.462 e. The van der Waals surface area contributed by atoms with Gasteiger partial charge in [-0.25, -0.2) is 9.13 Å². The molecular formula is C77H150O17P2. The zero-order valence-electron chi connectivity index (χ0n) is 62.4. The molecule has 2 unspecified atom stereocenters. The summed E-state index contributed by atoms with van der Waals surface area (Å²) >= 11 is 0. The molecule has 0 rings (SSSR count). The normalized spacial score (nSPS) is 13.9. The average molecular weight is 1410 g/mol. The molecule has 0 aliphatic heterocycles. The van der Waals surface area contributed by atoms with Crippen molar-refractivity contribution < 1.29 is 80.2 Å². The van der Waals surface area contributed by atoms with E-state index in [2.05, 4.69) is 27.7 Å². The molecule has 0 saturated heterocycles. The lowest BCUT2D eigenvalue weighted by atomic mass is 10.0. The van der Waals surface area contributed by atoms with Crippen molar-refractivity contribution in [2.75, 3.05) is 39.6 Å². The number of rotatable bonds is 78. The first-order valence-electron chi connectivity index (χ1n) is 40.3. The van der Waals surface area contributed by atoms with Gasteiger partial charge in [0, 0.05) is 25.7 Å². The van der Waals surface area contributed by atoms with Crippen molar-refractivity contribution in [3.05, 3.63) is 0 Å². The van der Waals surface area contributed by atoms with E-state index in [0.29, 0.717) is 25.7 Å². The summed E-state index contributed by atoms with van der Waals surface area (Å²) in [6, 6.07) is 0. The van der Waals surface area contributed by atoms with E-state index >= 15 is 0 Å². The summed E-state index contributed by atoms with van der Waals surface area (Å²) in [6.45, 7) is 4.97. The molecule has 0 spiro atoms. The molecule has 0 aromatic heterocycles. The molecule has 19 heteroatoms. The number of phosphoric ester groups is 2. The van der Waals surface area contributed by atoms with Crippen molar-refractivity contribution in [3.8, 4) is 0 Å². The fourth-order valence-electron chi connectivity index (χ4n) is 11.9. The molecule has 3 N–H and O–H groups in total. The molecule has 0 aliphatic rings. The van der Waals surface area contributed by atoms with Crippen molar-refractivity contribution in [1.29, 1.82) is 0 Å². The predicted octanol–water partition coefficient (Wildman–Crippen LogP) is 23.0. The quantitative estimate of drug-likeness (QED) is 0.0222. The Morgan fingerprint density at radius 2 is 0.417 bits per heavy atom. The van der Waals surface area contributed by atoms with E-state index < -0.39 is 97.5 Å². The molecule has 570 valence electrons. The second kappa shape index (κ2) is 71.5. The van der Waals surface area contributed by atoms with Crippen LogP contribution >= 0.6 is 15.6 Å². The number of carbonyl (C=O) groups excluding carboxylic acids is 4. The SMILES string of the molecule is CCCCCCCCCCCCCCCCCCCC(=O)OC[C@H](COP(=O)(O)OC[C@@H](O)COP(=O)(O)OC[C@@H](COC(=O)CCCCCCCCC)OC(=O)CCCCCCCCCCCCCCCCC)OC(=O)CCCCCCCCCCCCCCCCCCC. The van der Waals surface area contributed by atoms with Gasteiger partial charge in [0.05, 0.1) is 26.4 Å². The van der Waals surface area contributed by atoms with Gasteiger partial charge >= 0.3 is 39.5 Å². The van der Waals surface area contributed by atoms with Gasteiger partial charge in [-0.15, -0.1) is 0 Å². The van der Waals surface area contributed by atoms with E-state index in [-0.39, 0.29) is 25.7 Å². The van der Waals surface area contributed by atoms with Crippen LogP contribution in [0.25, 0.3) is 0 Å². The van der Waals surface area contributed by atoms with Gasteiger partial charge in [0.2, 0.25) is 0 Å². The third-order valence-electron chi connectivity index (χ3n) is 18.1. The summed E-state index contributed by atoms with van der Waals surface area (Å²) in [7, 11) is -9.91. The predicted molar refractivity (Wildman–Crippen MR) is 391 cm³/mol. The van der Waals surface area contributed by atoms with E-state index in [1.807, 2.05) is 0 Å². The summed E-state index contributed by atoms with van der Waals surface area (Å²) in [6.07, 6.45) is 62.5. The lowest BCUT2D eigenvalue weighted by molar-refractivity contribution is -0.161. The molecule has 96 heavy (non-hydrogen) atoms. The van der Waals surface area contributed by atoms with Gasteiger partial charge in [0.15, 0.2) is 12.2 Å². The zero-order valence-corrected chi connectivity index (χ0v) is 64.1. The molecule has 0 bridgehead atoms.